The number of rotatable bonds is 5. The summed E-state index contributed by atoms with van der Waals surface area (Å²) >= 11 is 0. The standard InChI is InChI=1S/C14H16FN3O3/c1-20-12-7-13(21-2)18-11(17-12)6-10(19)8-4-3-5-9(15)14(8)16/h3-5,7,10,19H,6,16H2,1-2H3. The van der Waals surface area contributed by atoms with Gasteiger partial charge in [-0.25, -0.2) is 4.39 Å². The highest BCUT2D eigenvalue weighted by atomic mass is 19.1. The second kappa shape index (κ2) is 6.36. The normalized spacial score (nSPS) is 12.0. The number of nitrogens with two attached hydrogens (primary N) is 1. The van der Waals surface area contributed by atoms with Crippen molar-refractivity contribution < 1.29 is 19.0 Å². The largest absolute Gasteiger partial charge is 0.481 e. The number of anilines is 1. The molecule has 0 aliphatic heterocycles. The number of benzene rings is 1. The Hall–Kier alpha value is -2.41. The minimum Gasteiger partial charge on any atom is -0.481 e. The topological polar surface area (TPSA) is 90.5 Å². The van der Waals surface area contributed by atoms with Crippen LogP contribution in [-0.4, -0.2) is 29.3 Å². The van der Waals surface area contributed by atoms with Crippen molar-refractivity contribution in [3.05, 3.63) is 41.5 Å². The molecule has 0 saturated heterocycles. The van der Waals surface area contributed by atoms with Crippen LogP contribution in [0.5, 0.6) is 11.8 Å². The average Bonchev–Trinajstić information content (AvgIpc) is 2.49. The summed E-state index contributed by atoms with van der Waals surface area (Å²) in [5, 5.41) is 10.2. The van der Waals surface area contributed by atoms with Gasteiger partial charge in [-0.05, 0) is 6.07 Å². The van der Waals surface area contributed by atoms with Gasteiger partial charge < -0.3 is 20.3 Å². The van der Waals surface area contributed by atoms with Crippen molar-refractivity contribution in [2.45, 2.75) is 12.5 Å². The predicted octanol–water partition coefficient (Wildman–Crippen LogP) is 1.49. The molecule has 7 heteroatoms. The Labute approximate surface area is 121 Å². The van der Waals surface area contributed by atoms with Crippen LogP contribution in [0.3, 0.4) is 0 Å². The minimum atomic E-state index is -1.03. The Bertz CT molecular complexity index is 615. The van der Waals surface area contributed by atoms with Crippen LogP contribution in [0, 0.1) is 5.82 Å². The molecule has 0 amide bonds. The SMILES string of the molecule is COc1cc(OC)nc(CC(O)c2cccc(F)c2N)n1. The van der Waals surface area contributed by atoms with Crippen LogP contribution in [0.2, 0.25) is 0 Å². The molecule has 1 atom stereocenters. The van der Waals surface area contributed by atoms with Gasteiger partial charge in [0.15, 0.2) is 0 Å². The maximum absolute atomic E-state index is 13.4. The summed E-state index contributed by atoms with van der Waals surface area (Å²) < 4.78 is 23.5. The number of methoxy groups -OCH3 is 2. The molecule has 1 unspecified atom stereocenters. The number of ether oxygens (including phenoxy) is 2. The number of nitrogen functional groups attached to an aromatic ring is 1. The quantitative estimate of drug-likeness (QED) is 0.812. The lowest BCUT2D eigenvalue weighted by Gasteiger charge is -2.14. The van der Waals surface area contributed by atoms with Crippen molar-refractivity contribution in [3.8, 4) is 11.8 Å². The number of aliphatic hydroxyl groups is 1. The highest BCUT2D eigenvalue weighted by molar-refractivity contribution is 5.49. The van der Waals surface area contributed by atoms with Crippen molar-refractivity contribution in [1.29, 1.82) is 0 Å². The zero-order valence-corrected chi connectivity index (χ0v) is 11.7. The number of hydrogen-bond acceptors (Lipinski definition) is 6. The maximum atomic E-state index is 13.4. The van der Waals surface area contributed by atoms with E-state index in [0.717, 1.165) is 0 Å². The Morgan fingerprint density at radius 1 is 1.24 bits per heavy atom. The van der Waals surface area contributed by atoms with Gasteiger partial charge in [-0.1, -0.05) is 12.1 Å². The fraction of sp³-hybridized carbons (Fsp3) is 0.286. The van der Waals surface area contributed by atoms with E-state index in [1.807, 2.05) is 0 Å². The number of para-hydroxylation sites is 1. The van der Waals surface area contributed by atoms with E-state index in [1.54, 1.807) is 6.07 Å². The van der Waals surface area contributed by atoms with E-state index in [9.17, 15) is 9.50 Å². The van der Waals surface area contributed by atoms with Crippen LogP contribution in [0.15, 0.2) is 24.3 Å². The van der Waals surface area contributed by atoms with Gasteiger partial charge in [-0.15, -0.1) is 0 Å². The molecule has 0 fully saturated rings. The first kappa shape index (κ1) is 15.0. The number of aromatic nitrogens is 2. The van der Waals surface area contributed by atoms with Crippen LogP contribution in [0.1, 0.15) is 17.5 Å². The lowest BCUT2D eigenvalue weighted by Crippen LogP contribution is -2.10. The lowest BCUT2D eigenvalue weighted by molar-refractivity contribution is 0.175. The highest BCUT2D eigenvalue weighted by Gasteiger charge is 2.17. The highest BCUT2D eigenvalue weighted by Crippen LogP contribution is 2.26. The van der Waals surface area contributed by atoms with Gasteiger partial charge in [-0.3, -0.25) is 0 Å². The van der Waals surface area contributed by atoms with E-state index < -0.39 is 11.9 Å². The third-order valence-corrected chi connectivity index (χ3v) is 2.97. The molecule has 1 aromatic carbocycles. The monoisotopic (exact) mass is 293 g/mol. The molecule has 0 aliphatic carbocycles. The van der Waals surface area contributed by atoms with Crippen molar-refractivity contribution >= 4 is 5.69 Å². The van der Waals surface area contributed by atoms with Crippen LogP contribution < -0.4 is 15.2 Å². The van der Waals surface area contributed by atoms with E-state index in [0.29, 0.717) is 23.1 Å². The average molecular weight is 293 g/mol. The molecule has 1 heterocycles. The summed E-state index contributed by atoms with van der Waals surface area (Å²) in [4.78, 5) is 8.22. The van der Waals surface area contributed by atoms with Gasteiger partial charge in [0.05, 0.1) is 32.1 Å². The molecule has 2 rings (SSSR count). The molecule has 21 heavy (non-hydrogen) atoms. The molecule has 1 aromatic heterocycles. The van der Waals surface area contributed by atoms with Gasteiger partial charge >= 0.3 is 0 Å². The van der Waals surface area contributed by atoms with Crippen LogP contribution >= 0.6 is 0 Å². The molecule has 6 nitrogen and oxygen atoms in total. The molecule has 0 aliphatic rings. The van der Waals surface area contributed by atoms with E-state index >= 15 is 0 Å². The van der Waals surface area contributed by atoms with Crippen LogP contribution in [-0.2, 0) is 6.42 Å². The third kappa shape index (κ3) is 3.38. The lowest BCUT2D eigenvalue weighted by atomic mass is 10.0. The molecule has 0 radical (unpaired) electrons. The Balaban J connectivity index is 2.26. The van der Waals surface area contributed by atoms with Gasteiger partial charge in [0.1, 0.15) is 11.6 Å². The molecular formula is C14H16FN3O3. The number of hydrogen-bond donors (Lipinski definition) is 2. The molecule has 0 spiro atoms. The van der Waals surface area contributed by atoms with Crippen molar-refractivity contribution in [2.24, 2.45) is 0 Å². The molecule has 0 bridgehead atoms. The second-order valence-electron chi connectivity index (χ2n) is 4.33. The smallest absolute Gasteiger partial charge is 0.220 e. The first-order valence-electron chi connectivity index (χ1n) is 6.23. The van der Waals surface area contributed by atoms with Crippen molar-refractivity contribution in [1.82, 2.24) is 9.97 Å². The number of aliphatic hydroxyl groups excluding tert-OH is 1. The van der Waals surface area contributed by atoms with Crippen LogP contribution in [0.25, 0.3) is 0 Å². The molecule has 2 aromatic rings. The fourth-order valence-corrected chi connectivity index (χ4v) is 1.88. The minimum absolute atomic E-state index is 0.0568. The number of halogens is 1. The zero-order chi connectivity index (χ0) is 15.4. The first-order chi connectivity index (χ1) is 10.0. The van der Waals surface area contributed by atoms with E-state index in [4.69, 9.17) is 15.2 Å². The third-order valence-electron chi connectivity index (χ3n) is 2.97. The maximum Gasteiger partial charge on any atom is 0.220 e. The van der Waals surface area contributed by atoms with Crippen molar-refractivity contribution in [3.63, 3.8) is 0 Å². The first-order valence-corrected chi connectivity index (χ1v) is 6.23. The summed E-state index contributed by atoms with van der Waals surface area (Å²) in [6.07, 6.45) is -0.973. The van der Waals surface area contributed by atoms with E-state index in [1.165, 1.54) is 32.4 Å². The summed E-state index contributed by atoms with van der Waals surface area (Å²) in [7, 11) is 2.93. The summed E-state index contributed by atoms with van der Waals surface area (Å²) in [6.45, 7) is 0. The fourth-order valence-electron chi connectivity index (χ4n) is 1.88. The second-order valence-corrected chi connectivity index (χ2v) is 4.33. The van der Waals surface area contributed by atoms with E-state index in [2.05, 4.69) is 9.97 Å². The summed E-state index contributed by atoms with van der Waals surface area (Å²) in [6, 6.07) is 5.79. The van der Waals surface area contributed by atoms with Crippen molar-refractivity contribution in [2.75, 3.05) is 20.0 Å². The van der Waals surface area contributed by atoms with Gasteiger partial charge in [-0.2, -0.15) is 9.97 Å². The van der Waals surface area contributed by atoms with Gasteiger partial charge in [0.25, 0.3) is 0 Å². The van der Waals surface area contributed by atoms with Gasteiger partial charge in [0.2, 0.25) is 11.8 Å². The molecule has 112 valence electrons. The molecule has 3 N–H and O–H groups in total. The van der Waals surface area contributed by atoms with Crippen LogP contribution in [0.4, 0.5) is 10.1 Å². The molecule has 0 saturated carbocycles. The van der Waals surface area contributed by atoms with Gasteiger partial charge in [0, 0.05) is 12.0 Å². The number of nitrogens with zero attached hydrogens (tertiary/aromatic N) is 2. The summed E-state index contributed by atoms with van der Waals surface area (Å²) in [5.41, 5.74) is 5.83. The van der Waals surface area contributed by atoms with E-state index in [-0.39, 0.29) is 12.1 Å². The zero-order valence-electron chi connectivity index (χ0n) is 11.7. The predicted molar refractivity (Wildman–Crippen MR) is 74.6 cm³/mol. The summed E-state index contributed by atoms with van der Waals surface area (Å²) in [5.74, 6) is 0.366. The Morgan fingerprint density at radius 2 is 1.86 bits per heavy atom. The Morgan fingerprint density at radius 3 is 2.43 bits per heavy atom. The molecular weight excluding hydrogens is 277 g/mol. The Kier molecular flexibility index (Phi) is 4.54.